The van der Waals surface area contributed by atoms with Crippen LogP contribution < -0.4 is 10.7 Å². The summed E-state index contributed by atoms with van der Waals surface area (Å²) in [4.78, 5) is 0. The fraction of sp³-hybridized carbons (Fsp3) is 0.286. The van der Waals surface area contributed by atoms with Gasteiger partial charge < -0.3 is 5.32 Å². The summed E-state index contributed by atoms with van der Waals surface area (Å²) in [5.41, 5.74) is 4.29. The number of benzene rings is 1. The van der Waals surface area contributed by atoms with Crippen LogP contribution in [0.5, 0.6) is 0 Å². The van der Waals surface area contributed by atoms with Crippen LogP contribution in [0.3, 0.4) is 0 Å². The summed E-state index contributed by atoms with van der Waals surface area (Å²) in [6, 6.07) is 4.84. The third-order valence-electron chi connectivity index (χ3n) is 2.94. The first kappa shape index (κ1) is 15.5. The Morgan fingerprint density at radius 1 is 1.29 bits per heavy atom. The van der Waals surface area contributed by atoms with E-state index in [0.717, 1.165) is 30.7 Å². The number of allylic oxidation sites excluding steroid dienone is 2. The number of anilines is 1. The lowest BCUT2D eigenvalue weighted by molar-refractivity contribution is -0.137. The summed E-state index contributed by atoms with van der Waals surface area (Å²) in [5.74, 6) is 0. The Hall–Kier alpha value is -1.89. The number of rotatable bonds is 2. The summed E-state index contributed by atoms with van der Waals surface area (Å²) in [5, 5.41) is 6.94. The van der Waals surface area contributed by atoms with Gasteiger partial charge in [-0.3, -0.25) is 5.43 Å². The van der Waals surface area contributed by atoms with Crippen LogP contribution in [0.25, 0.3) is 0 Å². The number of nitrogens with one attached hydrogen (secondary N) is 2. The van der Waals surface area contributed by atoms with E-state index >= 15 is 0 Å². The number of hydrogen-bond donors (Lipinski definition) is 2. The van der Waals surface area contributed by atoms with Crippen molar-refractivity contribution in [2.24, 2.45) is 5.10 Å². The molecule has 21 heavy (non-hydrogen) atoms. The highest BCUT2D eigenvalue weighted by molar-refractivity contribution is 7.80. The third kappa shape index (κ3) is 4.56. The lowest BCUT2D eigenvalue weighted by atomic mass is 10.2. The summed E-state index contributed by atoms with van der Waals surface area (Å²) < 4.78 is 37.8. The summed E-state index contributed by atoms with van der Waals surface area (Å²) >= 11 is 5.01. The van der Waals surface area contributed by atoms with Gasteiger partial charge in [-0.05, 0) is 56.3 Å². The minimum Gasteiger partial charge on any atom is -0.331 e. The van der Waals surface area contributed by atoms with Crippen LogP contribution in [0.4, 0.5) is 18.9 Å². The average molecular weight is 313 g/mol. The second-order valence-corrected chi connectivity index (χ2v) is 5.15. The van der Waals surface area contributed by atoms with Crippen molar-refractivity contribution in [3.63, 3.8) is 0 Å². The van der Waals surface area contributed by atoms with E-state index in [2.05, 4.69) is 15.8 Å². The van der Waals surface area contributed by atoms with E-state index in [0.29, 0.717) is 0 Å². The van der Waals surface area contributed by atoms with Crippen molar-refractivity contribution in [2.75, 3.05) is 5.32 Å². The smallest absolute Gasteiger partial charge is 0.331 e. The van der Waals surface area contributed by atoms with E-state index in [1.165, 1.54) is 17.7 Å². The van der Waals surface area contributed by atoms with Gasteiger partial charge in [0.1, 0.15) is 0 Å². The Labute approximate surface area is 125 Å². The molecule has 0 saturated heterocycles. The molecule has 1 aliphatic carbocycles. The third-order valence-corrected chi connectivity index (χ3v) is 3.13. The standard InChI is InChI=1S/C14H14F3N3S/c1-9-5-6-12(7-9)19-20-13(21)18-11-4-2-3-10(8-11)14(15,16)17/h2-4,7-8H,5-6H2,1H3,(H2,18,20,21)/b19-12-. The molecule has 0 amide bonds. The largest absolute Gasteiger partial charge is 0.416 e. The molecule has 2 rings (SSSR count). The maximum Gasteiger partial charge on any atom is 0.416 e. The molecule has 0 aromatic heterocycles. The van der Waals surface area contributed by atoms with E-state index in [9.17, 15) is 13.2 Å². The Morgan fingerprint density at radius 3 is 2.67 bits per heavy atom. The molecule has 0 aliphatic heterocycles. The highest BCUT2D eigenvalue weighted by Crippen LogP contribution is 2.30. The zero-order valence-corrected chi connectivity index (χ0v) is 12.1. The molecule has 2 N–H and O–H groups in total. The zero-order valence-electron chi connectivity index (χ0n) is 11.3. The van der Waals surface area contributed by atoms with Gasteiger partial charge in [0.25, 0.3) is 0 Å². The normalized spacial score (nSPS) is 16.8. The van der Waals surface area contributed by atoms with Crippen molar-refractivity contribution in [1.29, 1.82) is 0 Å². The molecule has 1 aromatic carbocycles. The van der Waals surface area contributed by atoms with Gasteiger partial charge in [-0.25, -0.2) is 0 Å². The van der Waals surface area contributed by atoms with Gasteiger partial charge >= 0.3 is 6.18 Å². The molecular formula is C14H14F3N3S. The SMILES string of the molecule is CC1=C/C(=N\NC(=S)Nc2cccc(C(F)(F)F)c2)CC1. The number of halogens is 3. The molecule has 0 bridgehead atoms. The van der Waals surface area contributed by atoms with Crippen molar-refractivity contribution < 1.29 is 13.2 Å². The van der Waals surface area contributed by atoms with Gasteiger partial charge in [0.05, 0.1) is 11.3 Å². The molecule has 0 radical (unpaired) electrons. The van der Waals surface area contributed by atoms with Crippen LogP contribution in [0, 0.1) is 0 Å². The summed E-state index contributed by atoms with van der Waals surface area (Å²) in [7, 11) is 0. The number of hydrazone groups is 1. The molecule has 1 aromatic rings. The summed E-state index contributed by atoms with van der Waals surface area (Å²) in [6.07, 6.45) is -0.613. The van der Waals surface area contributed by atoms with Gasteiger partial charge in [0.15, 0.2) is 5.11 Å². The zero-order chi connectivity index (χ0) is 15.5. The Bertz CT molecular complexity index is 606. The van der Waals surface area contributed by atoms with E-state index in [1.54, 1.807) is 0 Å². The Morgan fingerprint density at radius 2 is 2.05 bits per heavy atom. The minimum absolute atomic E-state index is 0.153. The predicted octanol–water partition coefficient (Wildman–Crippen LogP) is 4.09. The first-order valence-corrected chi connectivity index (χ1v) is 6.73. The molecule has 0 fully saturated rings. The van der Waals surface area contributed by atoms with Crippen molar-refractivity contribution in [3.8, 4) is 0 Å². The highest BCUT2D eigenvalue weighted by Gasteiger charge is 2.30. The van der Waals surface area contributed by atoms with Crippen LogP contribution in [-0.4, -0.2) is 10.8 Å². The molecule has 0 saturated carbocycles. The van der Waals surface area contributed by atoms with Crippen molar-refractivity contribution in [1.82, 2.24) is 5.43 Å². The van der Waals surface area contributed by atoms with Crippen molar-refractivity contribution in [3.05, 3.63) is 41.5 Å². The van der Waals surface area contributed by atoms with Crippen LogP contribution in [0.1, 0.15) is 25.3 Å². The van der Waals surface area contributed by atoms with E-state index in [-0.39, 0.29) is 10.8 Å². The Balaban J connectivity index is 1.97. The van der Waals surface area contributed by atoms with E-state index in [4.69, 9.17) is 12.2 Å². The van der Waals surface area contributed by atoms with Gasteiger partial charge in [0, 0.05) is 5.69 Å². The van der Waals surface area contributed by atoms with E-state index < -0.39 is 11.7 Å². The first-order chi connectivity index (χ1) is 9.84. The van der Waals surface area contributed by atoms with Crippen LogP contribution in [-0.2, 0) is 6.18 Å². The van der Waals surface area contributed by atoms with Gasteiger partial charge in [-0.15, -0.1) is 0 Å². The minimum atomic E-state index is -4.38. The molecule has 3 nitrogen and oxygen atoms in total. The maximum atomic E-state index is 12.6. The molecule has 0 heterocycles. The monoisotopic (exact) mass is 313 g/mol. The second-order valence-electron chi connectivity index (χ2n) is 4.74. The molecule has 1 aliphatic rings. The lowest BCUT2D eigenvalue weighted by Gasteiger charge is -2.11. The van der Waals surface area contributed by atoms with Gasteiger partial charge in [-0.1, -0.05) is 11.6 Å². The molecular weight excluding hydrogens is 299 g/mol. The van der Waals surface area contributed by atoms with Crippen molar-refractivity contribution >= 4 is 28.7 Å². The fourth-order valence-corrected chi connectivity index (χ4v) is 2.06. The van der Waals surface area contributed by atoms with Crippen LogP contribution in [0.15, 0.2) is 41.0 Å². The highest BCUT2D eigenvalue weighted by atomic mass is 32.1. The molecule has 0 unspecified atom stereocenters. The first-order valence-electron chi connectivity index (χ1n) is 6.32. The lowest BCUT2D eigenvalue weighted by Crippen LogP contribution is -2.24. The maximum absolute atomic E-state index is 12.6. The molecule has 0 spiro atoms. The number of hydrogen-bond acceptors (Lipinski definition) is 2. The summed E-state index contributed by atoms with van der Waals surface area (Å²) in [6.45, 7) is 2.02. The van der Waals surface area contributed by atoms with Crippen LogP contribution in [0.2, 0.25) is 0 Å². The van der Waals surface area contributed by atoms with Crippen LogP contribution >= 0.6 is 12.2 Å². The van der Waals surface area contributed by atoms with Gasteiger partial charge in [-0.2, -0.15) is 18.3 Å². The van der Waals surface area contributed by atoms with E-state index in [1.807, 2.05) is 13.0 Å². The topological polar surface area (TPSA) is 36.4 Å². The molecule has 0 atom stereocenters. The quantitative estimate of drug-likeness (QED) is 0.638. The number of alkyl halides is 3. The fourth-order valence-electron chi connectivity index (χ4n) is 1.90. The number of nitrogens with zero attached hydrogens (tertiary/aromatic N) is 1. The molecule has 112 valence electrons. The van der Waals surface area contributed by atoms with Crippen molar-refractivity contribution in [2.45, 2.75) is 25.9 Å². The Kier molecular flexibility index (Phi) is 4.62. The predicted molar refractivity (Wildman–Crippen MR) is 81.2 cm³/mol. The molecule has 7 heteroatoms. The average Bonchev–Trinajstić information content (AvgIpc) is 2.82. The second kappa shape index (κ2) is 6.26. The number of thiocarbonyl (C=S) groups is 1. The van der Waals surface area contributed by atoms with Gasteiger partial charge in [0.2, 0.25) is 0 Å².